The third-order valence-corrected chi connectivity index (χ3v) is 6.05. The van der Waals surface area contributed by atoms with Gasteiger partial charge in [-0.1, -0.05) is 23.7 Å². The van der Waals surface area contributed by atoms with Crippen LogP contribution in [0.5, 0.6) is 5.75 Å². The fourth-order valence-corrected chi connectivity index (χ4v) is 4.01. The second-order valence-electron chi connectivity index (χ2n) is 7.48. The number of halogens is 1. The number of quaternary nitrogens is 1. The molecular formula is C24H28ClN2O4+. The van der Waals surface area contributed by atoms with Crippen LogP contribution in [-0.2, 0) is 9.59 Å². The molecule has 3 rings (SSSR count). The molecule has 2 aromatic rings. The third kappa shape index (κ3) is 4.75. The maximum absolute atomic E-state index is 13.0. The van der Waals surface area contributed by atoms with Gasteiger partial charge in [0.05, 0.1) is 44.9 Å². The van der Waals surface area contributed by atoms with E-state index in [-0.39, 0.29) is 11.3 Å². The minimum Gasteiger partial charge on any atom is -0.507 e. The number of ketones is 1. The van der Waals surface area contributed by atoms with Crippen LogP contribution in [0.15, 0.2) is 54.1 Å². The molecule has 1 atom stereocenters. The molecule has 7 heteroatoms. The van der Waals surface area contributed by atoms with Gasteiger partial charge in [-0.15, -0.1) is 0 Å². The molecule has 0 aliphatic carbocycles. The van der Waals surface area contributed by atoms with Gasteiger partial charge in [-0.3, -0.25) is 9.59 Å². The van der Waals surface area contributed by atoms with Crippen molar-refractivity contribution in [2.45, 2.75) is 19.9 Å². The highest BCUT2D eigenvalue weighted by atomic mass is 35.5. The standard InChI is InChI=1S/C24H27ClN2O4/c1-4-26(5-2)14-15-27-21(16-8-12-19(31-3)13-9-16)20(23(29)24(27)30)22(28)17-6-10-18(25)11-7-17/h6-13,21,28H,4-5,14-15H2,1-3H3/p+1. The molecule has 1 saturated heterocycles. The van der Waals surface area contributed by atoms with Gasteiger partial charge in [-0.05, 0) is 55.8 Å². The molecule has 6 nitrogen and oxygen atoms in total. The van der Waals surface area contributed by atoms with Crippen LogP contribution in [0, 0.1) is 0 Å². The van der Waals surface area contributed by atoms with Gasteiger partial charge in [-0.2, -0.15) is 0 Å². The van der Waals surface area contributed by atoms with E-state index >= 15 is 0 Å². The van der Waals surface area contributed by atoms with Gasteiger partial charge in [0.1, 0.15) is 11.5 Å². The summed E-state index contributed by atoms with van der Waals surface area (Å²) in [5, 5.41) is 11.5. The van der Waals surface area contributed by atoms with E-state index in [2.05, 4.69) is 13.8 Å². The van der Waals surface area contributed by atoms with E-state index in [4.69, 9.17) is 16.3 Å². The first kappa shape index (κ1) is 22.8. The molecule has 0 spiro atoms. The van der Waals surface area contributed by atoms with Crippen LogP contribution < -0.4 is 9.64 Å². The second-order valence-corrected chi connectivity index (χ2v) is 7.92. The predicted octanol–water partition coefficient (Wildman–Crippen LogP) is 2.70. The van der Waals surface area contributed by atoms with Gasteiger partial charge in [0.15, 0.2) is 0 Å². The van der Waals surface area contributed by atoms with Crippen molar-refractivity contribution in [2.75, 3.05) is 33.3 Å². The van der Waals surface area contributed by atoms with Crippen LogP contribution in [0.25, 0.3) is 5.76 Å². The number of Topliss-reactive ketones (excluding diaryl/α,β-unsaturated/α-hetero) is 1. The number of carbonyl (C=O) groups is 2. The van der Waals surface area contributed by atoms with Crippen molar-refractivity contribution in [3.8, 4) is 5.75 Å². The monoisotopic (exact) mass is 443 g/mol. The fourth-order valence-electron chi connectivity index (χ4n) is 3.89. The number of nitrogens with zero attached hydrogens (tertiary/aromatic N) is 1. The molecule has 0 saturated carbocycles. The minimum atomic E-state index is -0.678. The smallest absolute Gasteiger partial charge is 0.295 e. The number of methoxy groups -OCH3 is 1. The number of hydrogen-bond donors (Lipinski definition) is 2. The van der Waals surface area contributed by atoms with Gasteiger partial charge >= 0.3 is 0 Å². The summed E-state index contributed by atoms with van der Waals surface area (Å²) in [6, 6.07) is 13.1. The summed E-state index contributed by atoms with van der Waals surface area (Å²) in [6.07, 6.45) is 0. The summed E-state index contributed by atoms with van der Waals surface area (Å²) in [4.78, 5) is 28.9. The molecule has 1 aliphatic rings. The van der Waals surface area contributed by atoms with Crippen molar-refractivity contribution < 1.29 is 24.3 Å². The lowest BCUT2D eigenvalue weighted by Crippen LogP contribution is -3.12. The Morgan fingerprint density at radius 2 is 1.68 bits per heavy atom. The van der Waals surface area contributed by atoms with Crippen LogP contribution in [0.4, 0.5) is 0 Å². The van der Waals surface area contributed by atoms with E-state index in [1.807, 2.05) is 12.1 Å². The largest absolute Gasteiger partial charge is 0.507 e. The zero-order chi connectivity index (χ0) is 22.5. The number of likely N-dealkylation sites (N-methyl/N-ethyl adjacent to an activating group) is 1. The zero-order valence-electron chi connectivity index (χ0n) is 18.0. The summed E-state index contributed by atoms with van der Waals surface area (Å²) in [5.74, 6) is -0.801. The Labute approximate surface area is 187 Å². The van der Waals surface area contributed by atoms with E-state index in [9.17, 15) is 14.7 Å². The van der Waals surface area contributed by atoms with E-state index in [0.29, 0.717) is 29.4 Å². The van der Waals surface area contributed by atoms with Crippen molar-refractivity contribution in [1.82, 2.24) is 4.90 Å². The number of rotatable bonds is 8. The third-order valence-electron chi connectivity index (χ3n) is 5.80. The average molecular weight is 444 g/mol. The summed E-state index contributed by atoms with van der Waals surface area (Å²) in [6.45, 7) is 7.17. The van der Waals surface area contributed by atoms with Gasteiger partial charge in [0.2, 0.25) is 0 Å². The molecule has 1 fully saturated rings. The Bertz CT molecular complexity index is 966. The van der Waals surface area contributed by atoms with Gasteiger partial charge in [0.25, 0.3) is 11.7 Å². The summed E-state index contributed by atoms with van der Waals surface area (Å²) >= 11 is 5.96. The number of aliphatic hydroxyl groups is 1. The lowest BCUT2D eigenvalue weighted by Gasteiger charge is -2.27. The van der Waals surface area contributed by atoms with Crippen LogP contribution in [-0.4, -0.2) is 55.0 Å². The maximum Gasteiger partial charge on any atom is 0.295 e. The average Bonchev–Trinajstić information content (AvgIpc) is 3.04. The van der Waals surface area contributed by atoms with Crippen LogP contribution in [0.3, 0.4) is 0 Å². The van der Waals surface area contributed by atoms with Crippen molar-refractivity contribution >= 4 is 29.1 Å². The normalized spacial score (nSPS) is 18.1. The molecule has 0 radical (unpaired) electrons. The molecular weight excluding hydrogens is 416 g/mol. The topological polar surface area (TPSA) is 71.3 Å². The Kier molecular flexibility index (Phi) is 7.36. The minimum absolute atomic E-state index is 0.0898. The van der Waals surface area contributed by atoms with Crippen molar-refractivity contribution in [3.05, 3.63) is 70.3 Å². The van der Waals surface area contributed by atoms with Crippen LogP contribution in [0.2, 0.25) is 5.02 Å². The van der Waals surface area contributed by atoms with Gasteiger partial charge in [0, 0.05) is 10.6 Å². The molecule has 0 bridgehead atoms. The highest BCUT2D eigenvalue weighted by Crippen LogP contribution is 2.39. The Morgan fingerprint density at radius 1 is 1.06 bits per heavy atom. The highest BCUT2D eigenvalue weighted by molar-refractivity contribution is 6.46. The van der Waals surface area contributed by atoms with Crippen molar-refractivity contribution in [2.24, 2.45) is 0 Å². The molecule has 1 amide bonds. The first-order valence-electron chi connectivity index (χ1n) is 10.4. The molecule has 2 aromatic carbocycles. The molecule has 1 heterocycles. The van der Waals surface area contributed by atoms with Crippen LogP contribution in [0.1, 0.15) is 31.0 Å². The molecule has 0 aromatic heterocycles. The first-order chi connectivity index (χ1) is 14.9. The molecule has 31 heavy (non-hydrogen) atoms. The van der Waals surface area contributed by atoms with Gasteiger partial charge < -0.3 is 19.6 Å². The summed E-state index contributed by atoms with van der Waals surface area (Å²) < 4.78 is 5.24. The van der Waals surface area contributed by atoms with Crippen molar-refractivity contribution in [1.29, 1.82) is 0 Å². The number of nitrogens with one attached hydrogen (secondary N) is 1. The van der Waals surface area contributed by atoms with E-state index in [1.165, 1.54) is 4.90 Å². The molecule has 1 unspecified atom stereocenters. The number of hydrogen-bond acceptors (Lipinski definition) is 4. The second kappa shape index (κ2) is 9.98. The summed E-state index contributed by atoms with van der Waals surface area (Å²) in [5.41, 5.74) is 1.27. The summed E-state index contributed by atoms with van der Waals surface area (Å²) in [7, 11) is 1.58. The SMILES string of the molecule is CC[NH+](CC)CCN1C(=O)C(=O)C(=C(O)c2ccc(Cl)cc2)C1c1ccc(OC)cc1. The van der Waals surface area contributed by atoms with E-state index < -0.39 is 17.7 Å². The van der Waals surface area contributed by atoms with Crippen molar-refractivity contribution in [3.63, 3.8) is 0 Å². The predicted molar refractivity (Wildman–Crippen MR) is 120 cm³/mol. The lowest BCUT2D eigenvalue weighted by molar-refractivity contribution is -0.895. The Hall–Kier alpha value is -2.83. The van der Waals surface area contributed by atoms with Crippen LogP contribution >= 0.6 is 11.6 Å². The number of amides is 1. The number of ether oxygens (including phenoxy) is 1. The highest BCUT2D eigenvalue weighted by Gasteiger charge is 2.46. The quantitative estimate of drug-likeness (QED) is 0.374. The number of carbonyl (C=O) groups excluding carboxylic acids is 2. The fraction of sp³-hybridized carbons (Fsp3) is 0.333. The number of likely N-dealkylation sites (tertiary alicyclic amines) is 1. The molecule has 2 N–H and O–H groups in total. The number of benzene rings is 2. The lowest BCUT2D eigenvalue weighted by atomic mass is 9.95. The van der Waals surface area contributed by atoms with E-state index in [1.54, 1.807) is 48.4 Å². The zero-order valence-corrected chi connectivity index (χ0v) is 18.8. The Balaban J connectivity index is 2.08. The Morgan fingerprint density at radius 3 is 2.23 bits per heavy atom. The number of aliphatic hydroxyl groups excluding tert-OH is 1. The molecule has 164 valence electrons. The molecule has 1 aliphatic heterocycles. The van der Waals surface area contributed by atoms with E-state index in [0.717, 1.165) is 18.7 Å². The first-order valence-corrected chi connectivity index (χ1v) is 10.8. The maximum atomic E-state index is 13.0. The van der Waals surface area contributed by atoms with Gasteiger partial charge in [-0.25, -0.2) is 0 Å².